The van der Waals surface area contributed by atoms with Gasteiger partial charge in [-0.1, -0.05) is 0 Å². The predicted octanol–water partition coefficient (Wildman–Crippen LogP) is 1.10. The molecule has 1 saturated heterocycles. The standard InChI is InChI=1S/C15H27N3O/c1-10(2)17-15(14(16)19,12-4-5-12)9-18-8-11-3-6-13(18)7-11/h10-13,17H,3-9H2,1-2H3,(H2,16,19). The minimum atomic E-state index is -0.487. The third kappa shape index (κ3) is 2.40. The Morgan fingerprint density at radius 2 is 2.11 bits per heavy atom. The average molecular weight is 265 g/mol. The van der Waals surface area contributed by atoms with E-state index in [2.05, 4.69) is 24.1 Å². The summed E-state index contributed by atoms with van der Waals surface area (Å²) in [7, 11) is 0. The van der Waals surface area contributed by atoms with Crippen LogP contribution in [0, 0.1) is 11.8 Å². The van der Waals surface area contributed by atoms with Crippen molar-refractivity contribution in [2.75, 3.05) is 13.1 Å². The van der Waals surface area contributed by atoms with Crippen molar-refractivity contribution in [1.82, 2.24) is 10.2 Å². The summed E-state index contributed by atoms with van der Waals surface area (Å²) in [5.41, 5.74) is 5.32. The molecule has 3 fully saturated rings. The number of carbonyl (C=O) groups excluding carboxylic acids is 1. The smallest absolute Gasteiger partial charge is 0.239 e. The van der Waals surface area contributed by atoms with Crippen LogP contribution in [-0.2, 0) is 4.79 Å². The quantitative estimate of drug-likeness (QED) is 0.756. The molecule has 3 rings (SSSR count). The zero-order chi connectivity index (χ0) is 13.6. The highest BCUT2D eigenvalue weighted by Gasteiger charge is 2.53. The van der Waals surface area contributed by atoms with Gasteiger partial charge in [-0.3, -0.25) is 15.0 Å². The van der Waals surface area contributed by atoms with Gasteiger partial charge in [0, 0.05) is 25.2 Å². The monoisotopic (exact) mass is 265 g/mol. The first-order valence-electron chi connectivity index (χ1n) is 7.83. The highest BCUT2D eigenvalue weighted by molar-refractivity contribution is 5.86. The maximum Gasteiger partial charge on any atom is 0.239 e. The first kappa shape index (κ1) is 13.4. The highest BCUT2D eigenvalue weighted by Crippen LogP contribution is 2.44. The van der Waals surface area contributed by atoms with Crippen molar-refractivity contribution in [3.8, 4) is 0 Å². The Kier molecular flexibility index (Phi) is 3.34. The second-order valence-corrected chi connectivity index (χ2v) is 7.17. The molecular formula is C15H27N3O. The Morgan fingerprint density at radius 1 is 1.37 bits per heavy atom. The minimum absolute atomic E-state index is 0.147. The van der Waals surface area contributed by atoms with Crippen LogP contribution in [0.2, 0.25) is 0 Å². The number of piperidine rings is 1. The van der Waals surface area contributed by atoms with Crippen LogP contribution < -0.4 is 11.1 Å². The van der Waals surface area contributed by atoms with Gasteiger partial charge >= 0.3 is 0 Å². The highest BCUT2D eigenvalue weighted by atomic mass is 16.1. The van der Waals surface area contributed by atoms with Gasteiger partial charge in [-0.15, -0.1) is 0 Å². The number of rotatable bonds is 6. The van der Waals surface area contributed by atoms with Crippen LogP contribution in [0.15, 0.2) is 0 Å². The number of nitrogens with two attached hydrogens (primary N) is 1. The fourth-order valence-electron chi connectivity index (χ4n) is 4.27. The van der Waals surface area contributed by atoms with Gasteiger partial charge in [-0.05, 0) is 57.8 Å². The molecule has 1 amide bonds. The summed E-state index contributed by atoms with van der Waals surface area (Å²) in [4.78, 5) is 14.7. The van der Waals surface area contributed by atoms with Gasteiger partial charge in [0.2, 0.25) is 5.91 Å². The SMILES string of the molecule is CC(C)NC(CN1CC2CCC1C2)(C(N)=O)C1CC1. The molecule has 0 aromatic carbocycles. The van der Waals surface area contributed by atoms with Crippen molar-refractivity contribution >= 4 is 5.91 Å². The number of amides is 1. The number of nitrogens with zero attached hydrogens (tertiary/aromatic N) is 1. The van der Waals surface area contributed by atoms with E-state index in [0.29, 0.717) is 18.0 Å². The van der Waals surface area contributed by atoms with Gasteiger partial charge in [0.25, 0.3) is 0 Å². The maximum atomic E-state index is 12.2. The van der Waals surface area contributed by atoms with Gasteiger partial charge in [0.15, 0.2) is 0 Å². The Hall–Kier alpha value is -0.610. The number of primary amides is 1. The van der Waals surface area contributed by atoms with Gasteiger partial charge in [0.05, 0.1) is 0 Å². The molecule has 0 aromatic rings. The molecule has 2 saturated carbocycles. The number of fused-ring (bicyclic) bond motifs is 2. The summed E-state index contributed by atoms with van der Waals surface area (Å²) < 4.78 is 0. The second-order valence-electron chi connectivity index (χ2n) is 7.17. The fraction of sp³-hybridized carbons (Fsp3) is 0.933. The van der Waals surface area contributed by atoms with Crippen LogP contribution in [0.25, 0.3) is 0 Å². The van der Waals surface area contributed by atoms with E-state index in [9.17, 15) is 4.79 Å². The molecule has 19 heavy (non-hydrogen) atoms. The largest absolute Gasteiger partial charge is 0.368 e. The van der Waals surface area contributed by atoms with Crippen molar-refractivity contribution in [2.24, 2.45) is 17.6 Å². The first-order valence-corrected chi connectivity index (χ1v) is 7.83. The second kappa shape index (κ2) is 4.74. The van der Waals surface area contributed by atoms with Crippen LogP contribution >= 0.6 is 0 Å². The molecule has 0 aromatic heterocycles. The molecule has 1 aliphatic heterocycles. The van der Waals surface area contributed by atoms with Crippen LogP contribution in [0.3, 0.4) is 0 Å². The summed E-state index contributed by atoms with van der Waals surface area (Å²) in [6.07, 6.45) is 6.31. The van der Waals surface area contributed by atoms with Crippen molar-refractivity contribution in [3.63, 3.8) is 0 Å². The number of nitrogens with one attached hydrogen (secondary N) is 1. The Labute approximate surface area is 116 Å². The van der Waals surface area contributed by atoms with E-state index in [1.807, 2.05) is 0 Å². The van der Waals surface area contributed by atoms with Crippen molar-refractivity contribution in [1.29, 1.82) is 0 Å². The van der Waals surface area contributed by atoms with E-state index in [-0.39, 0.29) is 5.91 Å². The predicted molar refractivity (Wildman–Crippen MR) is 75.6 cm³/mol. The summed E-state index contributed by atoms with van der Waals surface area (Å²) >= 11 is 0. The summed E-state index contributed by atoms with van der Waals surface area (Å²) in [6.45, 7) is 6.21. The number of likely N-dealkylation sites (tertiary alicyclic amines) is 1. The molecule has 1 heterocycles. The Bertz CT molecular complexity index is 366. The number of hydrogen-bond donors (Lipinski definition) is 2. The lowest BCUT2D eigenvalue weighted by Crippen LogP contribution is -2.65. The van der Waals surface area contributed by atoms with Crippen LogP contribution in [0.4, 0.5) is 0 Å². The molecule has 2 aliphatic carbocycles. The van der Waals surface area contributed by atoms with Gasteiger partial charge in [0.1, 0.15) is 5.54 Å². The van der Waals surface area contributed by atoms with E-state index in [1.54, 1.807) is 0 Å². The molecule has 3 aliphatic rings. The lowest BCUT2D eigenvalue weighted by Gasteiger charge is -2.40. The van der Waals surface area contributed by atoms with Crippen LogP contribution in [-0.4, -0.2) is 41.5 Å². The summed E-state index contributed by atoms with van der Waals surface area (Å²) in [5.74, 6) is 1.17. The molecule has 3 atom stereocenters. The van der Waals surface area contributed by atoms with Gasteiger partial charge in [-0.25, -0.2) is 0 Å². The summed E-state index contributed by atoms with van der Waals surface area (Å²) in [5, 5.41) is 3.52. The zero-order valence-corrected chi connectivity index (χ0v) is 12.2. The summed E-state index contributed by atoms with van der Waals surface area (Å²) in [6, 6.07) is 1.00. The van der Waals surface area contributed by atoms with Gasteiger partial charge in [-0.2, -0.15) is 0 Å². The lowest BCUT2D eigenvalue weighted by atomic mass is 9.89. The van der Waals surface area contributed by atoms with Crippen molar-refractivity contribution in [2.45, 2.75) is 63.6 Å². The topological polar surface area (TPSA) is 58.4 Å². The molecule has 4 nitrogen and oxygen atoms in total. The molecule has 3 unspecified atom stereocenters. The van der Waals surface area contributed by atoms with E-state index >= 15 is 0 Å². The zero-order valence-electron chi connectivity index (χ0n) is 12.2. The fourth-order valence-corrected chi connectivity index (χ4v) is 4.27. The Morgan fingerprint density at radius 3 is 2.53 bits per heavy atom. The molecule has 4 heteroatoms. The molecule has 108 valence electrons. The first-order chi connectivity index (χ1) is 9.01. The molecule has 0 spiro atoms. The Balaban J connectivity index is 1.76. The molecule has 0 radical (unpaired) electrons. The maximum absolute atomic E-state index is 12.2. The van der Waals surface area contributed by atoms with E-state index in [4.69, 9.17) is 5.73 Å². The van der Waals surface area contributed by atoms with Crippen LogP contribution in [0.1, 0.15) is 46.0 Å². The van der Waals surface area contributed by atoms with Crippen molar-refractivity contribution < 1.29 is 4.79 Å². The normalized spacial score (nSPS) is 33.8. The molecule has 3 N–H and O–H groups in total. The third-order valence-corrected chi connectivity index (χ3v) is 5.24. The van der Waals surface area contributed by atoms with Crippen LogP contribution in [0.5, 0.6) is 0 Å². The number of carbonyl (C=O) groups is 1. The molecular weight excluding hydrogens is 238 g/mol. The van der Waals surface area contributed by atoms with E-state index in [0.717, 1.165) is 25.3 Å². The van der Waals surface area contributed by atoms with Gasteiger partial charge < -0.3 is 5.73 Å². The van der Waals surface area contributed by atoms with Crippen molar-refractivity contribution in [3.05, 3.63) is 0 Å². The molecule has 2 bridgehead atoms. The van der Waals surface area contributed by atoms with E-state index < -0.39 is 5.54 Å². The number of hydrogen-bond acceptors (Lipinski definition) is 3. The van der Waals surface area contributed by atoms with E-state index in [1.165, 1.54) is 25.8 Å². The average Bonchev–Trinajstić information content (AvgIpc) is 2.99. The lowest BCUT2D eigenvalue weighted by molar-refractivity contribution is -0.126. The minimum Gasteiger partial charge on any atom is -0.368 e. The third-order valence-electron chi connectivity index (χ3n) is 5.24.